The van der Waals surface area contributed by atoms with Crippen molar-refractivity contribution in [3.05, 3.63) is 64.1 Å². The van der Waals surface area contributed by atoms with Crippen molar-refractivity contribution in [3.63, 3.8) is 0 Å². The molecule has 0 aromatic heterocycles. The van der Waals surface area contributed by atoms with E-state index in [0.29, 0.717) is 49.6 Å². The SMILES string of the molecule is Cc1cccc(/C=C2\SC3C=CC(C(=O)N4CCC5(CC4)OCCO5)=CC3=[N+](C)C2=O)c1. The average molecular weight is 452 g/mol. The first-order chi connectivity index (χ1) is 15.4. The summed E-state index contributed by atoms with van der Waals surface area (Å²) in [5.74, 6) is -0.552. The number of fused-ring (bicyclic) bond motifs is 1. The molecule has 0 N–H and O–H groups in total. The maximum Gasteiger partial charge on any atom is 0.425 e. The van der Waals surface area contributed by atoms with Crippen LogP contribution in [0.5, 0.6) is 0 Å². The van der Waals surface area contributed by atoms with E-state index in [1.165, 1.54) is 11.8 Å². The Kier molecular flexibility index (Phi) is 5.65. The van der Waals surface area contributed by atoms with E-state index < -0.39 is 5.79 Å². The number of likely N-dealkylation sites (N-methyl/N-ethyl adjacent to an activating group) is 1. The lowest BCUT2D eigenvalue weighted by atomic mass is 9.99. The second-order valence-electron chi connectivity index (χ2n) is 8.61. The molecular weight excluding hydrogens is 424 g/mol. The Hall–Kier alpha value is -2.48. The molecule has 2 fully saturated rings. The molecule has 1 spiro atoms. The Labute approximate surface area is 192 Å². The first-order valence-corrected chi connectivity index (χ1v) is 11.9. The van der Waals surface area contributed by atoms with Gasteiger partial charge in [0.05, 0.1) is 13.2 Å². The molecule has 0 saturated carbocycles. The van der Waals surface area contributed by atoms with Gasteiger partial charge in [-0.1, -0.05) is 53.7 Å². The third kappa shape index (κ3) is 4.00. The molecule has 6 nitrogen and oxygen atoms in total. The van der Waals surface area contributed by atoms with Crippen molar-refractivity contribution < 1.29 is 23.6 Å². The number of carbonyl (C=O) groups excluding carboxylic acids is 2. The Balaban J connectivity index is 1.34. The van der Waals surface area contributed by atoms with Gasteiger partial charge in [0, 0.05) is 37.6 Å². The number of amides is 2. The number of hydrogen-bond acceptors (Lipinski definition) is 5. The summed E-state index contributed by atoms with van der Waals surface area (Å²) >= 11 is 1.53. The number of aryl methyl sites for hydroxylation is 1. The molecule has 0 bridgehead atoms. The summed E-state index contributed by atoms with van der Waals surface area (Å²) in [7, 11) is 1.78. The Morgan fingerprint density at radius 3 is 2.72 bits per heavy atom. The van der Waals surface area contributed by atoms with Crippen LogP contribution in [0.3, 0.4) is 0 Å². The third-order valence-electron chi connectivity index (χ3n) is 6.41. The summed E-state index contributed by atoms with van der Waals surface area (Å²) < 4.78 is 13.2. The van der Waals surface area contributed by atoms with E-state index in [1.807, 2.05) is 54.3 Å². The molecule has 3 aliphatic heterocycles. The number of hydrogen-bond donors (Lipinski definition) is 0. The van der Waals surface area contributed by atoms with Gasteiger partial charge in [-0.3, -0.25) is 4.79 Å². The van der Waals surface area contributed by atoms with Crippen molar-refractivity contribution in [1.29, 1.82) is 0 Å². The van der Waals surface area contributed by atoms with E-state index in [-0.39, 0.29) is 17.1 Å². The highest BCUT2D eigenvalue weighted by Crippen LogP contribution is 2.35. The predicted octanol–water partition coefficient (Wildman–Crippen LogP) is 2.92. The molecule has 166 valence electrons. The molecule has 0 radical (unpaired) electrons. The van der Waals surface area contributed by atoms with Crippen LogP contribution in [0.2, 0.25) is 0 Å². The van der Waals surface area contributed by atoms with Gasteiger partial charge >= 0.3 is 5.91 Å². The second-order valence-corrected chi connectivity index (χ2v) is 9.79. The fourth-order valence-electron chi connectivity index (χ4n) is 4.60. The van der Waals surface area contributed by atoms with E-state index in [2.05, 4.69) is 6.07 Å². The number of benzene rings is 1. The largest absolute Gasteiger partial charge is 0.425 e. The van der Waals surface area contributed by atoms with Crippen molar-refractivity contribution >= 4 is 35.4 Å². The number of piperidine rings is 1. The molecule has 1 aliphatic carbocycles. The van der Waals surface area contributed by atoms with Crippen LogP contribution in [-0.4, -0.2) is 71.4 Å². The van der Waals surface area contributed by atoms with E-state index in [0.717, 1.165) is 16.8 Å². The zero-order chi connectivity index (χ0) is 22.3. The number of carbonyl (C=O) groups is 2. The number of rotatable bonds is 2. The molecule has 2 saturated heterocycles. The molecule has 1 aromatic rings. The maximum absolute atomic E-state index is 13.1. The minimum Gasteiger partial charge on any atom is -0.347 e. The predicted molar refractivity (Wildman–Crippen MR) is 124 cm³/mol. The highest BCUT2D eigenvalue weighted by atomic mass is 32.2. The molecule has 32 heavy (non-hydrogen) atoms. The lowest BCUT2D eigenvalue weighted by Gasteiger charge is -2.37. The van der Waals surface area contributed by atoms with E-state index in [9.17, 15) is 9.59 Å². The number of nitrogens with zero attached hydrogens (tertiary/aromatic N) is 2. The van der Waals surface area contributed by atoms with Gasteiger partial charge in [-0.25, -0.2) is 4.79 Å². The summed E-state index contributed by atoms with van der Waals surface area (Å²) in [6, 6.07) is 8.11. The standard InChI is InChI=1S/C25H27N2O4S/c1-17-4-3-5-18(14-17)15-22-24(29)26(2)20-16-19(6-7-21(20)32-22)23(28)27-10-8-25(9-11-27)30-12-13-31-25/h3-7,14-16,21H,8-13H2,1-2H3/q+1/b22-15-. The van der Waals surface area contributed by atoms with Crippen LogP contribution in [0.1, 0.15) is 24.0 Å². The minimum atomic E-state index is -0.500. The van der Waals surface area contributed by atoms with Crippen LogP contribution >= 0.6 is 11.8 Å². The van der Waals surface area contributed by atoms with Gasteiger partial charge in [-0.05, 0) is 18.6 Å². The lowest BCUT2D eigenvalue weighted by molar-refractivity contribution is -0.413. The molecular formula is C25H27N2O4S+. The molecule has 4 aliphatic rings. The Morgan fingerprint density at radius 2 is 2.00 bits per heavy atom. The van der Waals surface area contributed by atoms with E-state index in [1.54, 1.807) is 11.6 Å². The zero-order valence-corrected chi connectivity index (χ0v) is 19.2. The first kappa shape index (κ1) is 21.4. The molecule has 7 heteroatoms. The van der Waals surface area contributed by atoms with E-state index >= 15 is 0 Å². The number of likely N-dealkylation sites (tertiary alicyclic amines) is 1. The normalized spacial score (nSPS) is 26.0. The van der Waals surface area contributed by atoms with Crippen LogP contribution in [-0.2, 0) is 19.1 Å². The van der Waals surface area contributed by atoms with Crippen molar-refractivity contribution in [2.24, 2.45) is 0 Å². The third-order valence-corrected chi connectivity index (χ3v) is 7.61. The van der Waals surface area contributed by atoms with Crippen LogP contribution in [0.4, 0.5) is 0 Å². The summed E-state index contributed by atoms with van der Waals surface area (Å²) in [4.78, 5) is 28.7. The highest BCUT2D eigenvalue weighted by Gasteiger charge is 2.42. The molecule has 1 atom stereocenters. The minimum absolute atomic E-state index is 0.00741. The van der Waals surface area contributed by atoms with Crippen LogP contribution in [0.15, 0.2) is 53.0 Å². The first-order valence-electron chi connectivity index (χ1n) is 11.0. The zero-order valence-electron chi connectivity index (χ0n) is 18.4. The summed E-state index contributed by atoms with van der Waals surface area (Å²) in [5.41, 5.74) is 3.64. The van der Waals surface area contributed by atoms with Crippen LogP contribution in [0, 0.1) is 6.92 Å². The Bertz CT molecular complexity index is 1080. The fraction of sp³-hybridized carbons (Fsp3) is 0.400. The molecule has 1 aromatic carbocycles. The topological polar surface area (TPSA) is 58.9 Å². The lowest BCUT2D eigenvalue weighted by Crippen LogP contribution is -2.48. The number of allylic oxidation sites excluding steroid dienone is 1. The molecule has 2 amide bonds. The van der Waals surface area contributed by atoms with Crippen LogP contribution in [0.25, 0.3) is 6.08 Å². The summed E-state index contributed by atoms with van der Waals surface area (Å²) in [5, 5.41) is 0.00947. The Morgan fingerprint density at radius 1 is 1.25 bits per heavy atom. The van der Waals surface area contributed by atoms with Crippen LogP contribution < -0.4 is 0 Å². The van der Waals surface area contributed by atoms with Gasteiger partial charge in [0.1, 0.15) is 17.2 Å². The van der Waals surface area contributed by atoms with Gasteiger partial charge in [0.2, 0.25) is 5.71 Å². The van der Waals surface area contributed by atoms with Gasteiger partial charge in [0.25, 0.3) is 5.91 Å². The fourth-order valence-corrected chi connectivity index (χ4v) is 5.81. The summed E-state index contributed by atoms with van der Waals surface area (Å²) in [6.45, 7) is 4.50. The summed E-state index contributed by atoms with van der Waals surface area (Å²) in [6.07, 6.45) is 9.11. The average Bonchev–Trinajstić information content (AvgIpc) is 3.25. The van der Waals surface area contributed by atoms with E-state index in [4.69, 9.17) is 9.47 Å². The number of thioether (sulfide) groups is 1. The molecule has 5 rings (SSSR count). The van der Waals surface area contributed by atoms with Gasteiger partial charge in [-0.15, -0.1) is 0 Å². The number of ether oxygens (including phenoxy) is 2. The van der Waals surface area contributed by atoms with Crippen molar-refractivity contribution in [3.8, 4) is 0 Å². The van der Waals surface area contributed by atoms with Gasteiger partial charge in [0.15, 0.2) is 5.79 Å². The smallest absolute Gasteiger partial charge is 0.347 e. The molecule has 3 heterocycles. The second kappa shape index (κ2) is 8.46. The maximum atomic E-state index is 13.1. The van der Waals surface area contributed by atoms with Gasteiger partial charge in [-0.2, -0.15) is 4.58 Å². The van der Waals surface area contributed by atoms with Crippen molar-refractivity contribution in [2.45, 2.75) is 30.8 Å². The van der Waals surface area contributed by atoms with Gasteiger partial charge < -0.3 is 14.4 Å². The quantitative estimate of drug-likeness (QED) is 0.511. The monoisotopic (exact) mass is 451 g/mol. The van der Waals surface area contributed by atoms with Crippen molar-refractivity contribution in [1.82, 2.24) is 4.90 Å². The highest BCUT2D eigenvalue weighted by molar-refractivity contribution is 8.05. The molecule has 1 unspecified atom stereocenters. The van der Waals surface area contributed by atoms with Crippen molar-refractivity contribution in [2.75, 3.05) is 33.4 Å².